The summed E-state index contributed by atoms with van der Waals surface area (Å²) in [5.74, 6) is 0.867. The molecule has 0 unspecified atom stereocenters. The van der Waals surface area contributed by atoms with Crippen molar-refractivity contribution in [3.8, 4) is 22.5 Å². The molecule has 0 bridgehead atoms. The number of pyridine rings is 2. The van der Waals surface area contributed by atoms with Crippen LogP contribution >= 0.6 is 35.4 Å². The Bertz CT molecular complexity index is 2410. The minimum atomic E-state index is -0.116. The molecule has 308 valence electrons. The molecule has 2 aliphatic heterocycles. The van der Waals surface area contributed by atoms with Gasteiger partial charge in [-0.25, -0.2) is 19.9 Å². The van der Waals surface area contributed by atoms with Crippen molar-refractivity contribution in [3.05, 3.63) is 117 Å². The fourth-order valence-electron chi connectivity index (χ4n) is 6.67. The number of aryl methyl sites for hydroxylation is 2. The van der Waals surface area contributed by atoms with E-state index in [9.17, 15) is 4.79 Å². The van der Waals surface area contributed by atoms with E-state index in [4.69, 9.17) is 45.4 Å². The summed E-state index contributed by atoms with van der Waals surface area (Å²) in [6, 6.07) is 15.3. The molecule has 4 aromatic heterocycles. The van der Waals surface area contributed by atoms with Crippen LogP contribution in [0.2, 0.25) is 10.0 Å². The fraction of sp³-hybridized carbons (Fsp3) is 0.273. The molecular weight excluding hydrogens is 816 g/mol. The van der Waals surface area contributed by atoms with Gasteiger partial charge in [0.05, 0.1) is 51.2 Å². The number of thiocarbonyl (C=S) groups is 1. The number of hydrogen-bond acceptors (Lipinski definition) is 12. The summed E-state index contributed by atoms with van der Waals surface area (Å²) in [6.07, 6.45) is 9.99. The Hall–Kier alpha value is -5.64. The number of hydrogen-bond donors (Lipinski definition) is 4. The quantitative estimate of drug-likeness (QED) is 0.0977. The van der Waals surface area contributed by atoms with E-state index in [0.717, 1.165) is 92.9 Å². The number of aromatic nitrogens is 6. The maximum absolute atomic E-state index is 12.3. The Labute approximate surface area is 365 Å². The van der Waals surface area contributed by atoms with Gasteiger partial charge in [0, 0.05) is 82.3 Å². The molecule has 16 heteroatoms. The van der Waals surface area contributed by atoms with Crippen molar-refractivity contribution in [2.75, 3.05) is 62.5 Å². The predicted molar refractivity (Wildman–Crippen MR) is 246 cm³/mol. The van der Waals surface area contributed by atoms with Crippen molar-refractivity contribution in [1.29, 1.82) is 0 Å². The molecule has 2 aliphatic rings. The molecule has 13 nitrogen and oxygen atoms in total. The smallest absolute Gasteiger partial charge is 0.228 e. The van der Waals surface area contributed by atoms with Crippen molar-refractivity contribution in [1.82, 2.24) is 39.7 Å². The summed E-state index contributed by atoms with van der Waals surface area (Å²) >= 11 is 17.8. The number of benzene rings is 2. The van der Waals surface area contributed by atoms with Crippen LogP contribution in [0.1, 0.15) is 33.6 Å². The molecule has 0 saturated heterocycles. The van der Waals surface area contributed by atoms with Crippen molar-refractivity contribution in [2.45, 2.75) is 39.5 Å². The van der Waals surface area contributed by atoms with E-state index in [1.165, 1.54) is 5.56 Å². The van der Waals surface area contributed by atoms with Gasteiger partial charge < -0.3 is 31.1 Å². The zero-order valence-corrected chi connectivity index (χ0v) is 36.6. The highest BCUT2D eigenvalue weighted by Crippen LogP contribution is 2.37. The molecule has 6 heterocycles. The van der Waals surface area contributed by atoms with Gasteiger partial charge in [0.2, 0.25) is 17.8 Å². The largest absolute Gasteiger partial charge is 0.349 e. The van der Waals surface area contributed by atoms with Crippen LogP contribution in [-0.4, -0.2) is 91.9 Å². The Balaban J connectivity index is 0.000000181. The molecule has 1 amide bonds. The minimum absolute atomic E-state index is 0.116. The first-order valence-corrected chi connectivity index (χ1v) is 20.6. The van der Waals surface area contributed by atoms with Crippen LogP contribution in [0.5, 0.6) is 0 Å². The van der Waals surface area contributed by atoms with Crippen LogP contribution in [0, 0.1) is 13.8 Å². The maximum Gasteiger partial charge on any atom is 0.228 e. The van der Waals surface area contributed by atoms with Crippen molar-refractivity contribution in [2.24, 2.45) is 0 Å². The van der Waals surface area contributed by atoms with Crippen molar-refractivity contribution in [3.63, 3.8) is 0 Å². The van der Waals surface area contributed by atoms with Crippen LogP contribution in [-0.2, 0) is 30.5 Å². The third-order valence-electron chi connectivity index (χ3n) is 9.93. The molecular formula is C44H46Cl2N12OS. The molecule has 6 aromatic rings. The summed E-state index contributed by atoms with van der Waals surface area (Å²) in [4.78, 5) is 44.8. The highest BCUT2D eigenvalue weighted by atomic mass is 35.5. The number of carbonyl (C=O) groups excluding carboxylic acids is 1. The number of anilines is 6. The van der Waals surface area contributed by atoms with E-state index in [1.807, 2.05) is 56.7 Å². The standard InChI is InChI=1S/C22H23ClN6O.C22H23ClN6S/c2*1-13-18(8-14(11-24-13)6-7-29(2)3)27-22-25-12-15-9-20(30)26-19-10-16(23)4-5-17(19)21(15)28-22/h2*4-5,8,10-12H,6-7,9H2,1-3H3,(H,26,30)(H,25,27,28). The first kappa shape index (κ1) is 42.5. The van der Waals surface area contributed by atoms with E-state index < -0.39 is 0 Å². The molecule has 0 fully saturated rings. The number of halogens is 2. The van der Waals surface area contributed by atoms with Gasteiger partial charge in [-0.3, -0.25) is 14.8 Å². The maximum atomic E-state index is 12.3. The van der Waals surface area contributed by atoms with Gasteiger partial charge in [-0.05, 0) is 115 Å². The fourth-order valence-corrected chi connectivity index (χ4v) is 7.28. The van der Waals surface area contributed by atoms with Crippen LogP contribution in [0.25, 0.3) is 22.5 Å². The monoisotopic (exact) mass is 860 g/mol. The van der Waals surface area contributed by atoms with E-state index >= 15 is 0 Å². The lowest BCUT2D eigenvalue weighted by molar-refractivity contribution is -0.115. The summed E-state index contributed by atoms with van der Waals surface area (Å²) in [5, 5.41) is 14.0. The zero-order chi connectivity index (χ0) is 42.5. The average molecular weight is 862 g/mol. The molecule has 60 heavy (non-hydrogen) atoms. The number of nitrogens with zero attached hydrogens (tertiary/aromatic N) is 8. The second kappa shape index (κ2) is 18.7. The molecule has 0 aliphatic carbocycles. The number of amides is 1. The second-order valence-corrected chi connectivity index (χ2v) is 16.6. The summed E-state index contributed by atoms with van der Waals surface area (Å²) in [5.41, 5.74) is 12.4. The summed E-state index contributed by atoms with van der Waals surface area (Å²) in [7, 11) is 8.23. The van der Waals surface area contributed by atoms with Gasteiger partial charge >= 0.3 is 0 Å². The molecule has 0 saturated carbocycles. The average Bonchev–Trinajstić information content (AvgIpc) is 3.43. The lowest BCUT2D eigenvalue weighted by Crippen LogP contribution is -2.15. The first-order chi connectivity index (χ1) is 28.8. The molecule has 8 rings (SSSR count). The van der Waals surface area contributed by atoms with Crippen molar-refractivity contribution >= 4 is 81.0 Å². The number of nitrogens with one attached hydrogen (secondary N) is 4. The second-order valence-electron chi connectivity index (χ2n) is 15.3. The van der Waals surface area contributed by atoms with Crippen LogP contribution < -0.4 is 21.3 Å². The van der Waals surface area contributed by atoms with E-state index in [2.05, 4.69) is 91.3 Å². The van der Waals surface area contributed by atoms with Gasteiger partial charge in [0.25, 0.3) is 0 Å². The van der Waals surface area contributed by atoms with Crippen LogP contribution in [0.15, 0.2) is 73.3 Å². The Morgan fingerprint density at radius 1 is 0.650 bits per heavy atom. The predicted octanol–water partition coefficient (Wildman–Crippen LogP) is 8.49. The van der Waals surface area contributed by atoms with Gasteiger partial charge in [-0.1, -0.05) is 35.4 Å². The lowest BCUT2D eigenvalue weighted by atomic mass is 10.1. The zero-order valence-electron chi connectivity index (χ0n) is 34.3. The van der Waals surface area contributed by atoms with E-state index in [0.29, 0.717) is 39.7 Å². The highest BCUT2D eigenvalue weighted by molar-refractivity contribution is 7.80. The topological polar surface area (TPSA) is 149 Å². The highest BCUT2D eigenvalue weighted by Gasteiger charge is 2.22. The Morgan fingerprint density at radius 3 is 1.60 bits per heavy atom. The molecule has 0 spiro atoms. The van der Waals surface area contributed by atoms with Gasteiger partial charge in [0.15, 0.2) is 0 Å². The third kappa shape index (κ3) is 10.6. The number of rotatable bonds is 10. The number of likely N-dealkylation sites (N-methyl/N-ethyl adjacent to an activating group) is 2. The molecule has 0 radical (unpaired) electrons. The normalized spacial score (nSPS) is 12.8. The summed E-state index contributed by atoms with van der Waals surface area (Å²) < 4.78 is 0. The van der Waals surface area contributed by atoms with Gasteiger partial charge in [0.1, 0.15) is 0 Å². The number of carbonyl (C=O) groups is 1. The van der Waals surface area contributed by atoms with Crippen LogP contribution in [0.4, 0.5) is 34.6 Å². The lowest BCUT2D eigenvalue weighted by Gasteiger charge is -2.13. The first-order valence-electron chi connectivity index (χ1n) is 19.4. The number of fused-ring (bicyclic) bond motifs is 6. The molecule has 4 N–H and O–H groups in total. The third-order valence-corrected chi connectivity index (χ3v) is 10.6. The Morgan fingerprint density at radius 2 is 1.12 bits per heavy atom. The van der Waals surface area contributed by atoms with Crippen LogP contribution in [0.3, 0.4) is 0 Å². The molecule has 2 aromatic carbocycles. The minimum Gasteiger partial charge on any atom is -0.349 e. The van der Waals surface area contributed by atoms with Gasteiger partial charge in [-0.2, -0.15) is 0 Å². The molecule has 0 atom stereocenters. The Kier molecular flexibility index (Phi) is 13.3. The van der Waals surface area contributed by atoms with Crippen molar-refractivity contribution < 1.29 is 4.79 Å². The SMILES string of the molecule is Cc1ncc(CCN(C)C)cc1Nc1ncc2c(n1)-c1ccc(Cl)cc1NC(=O)C2.Cc1ncc(CCN(C)C)cc1Nc1ncc2c(n1)-c1ccc(Cl)cc1NC(=S)C2. The van der Waals surface area contributed by atoms with E-state index in [1.54, 1.807) is 18.3 Å². The van der Waals surface area contributed by atoms with Gasteiger partial charge in [-0.15, -0.1) is 0 Å². The van der Waals surface area contributed by atoms with E-state index in [-0.39, 0.29) is 12.3 Å². The summed E-state index contributed by atoms with van der Waals surface area (Å²) in [6.45, 7) is 5.83.